The van der Waals surface area contributed by atoms with Crippen LogP contribution in [0.3, 0.4) is 0 Å². The van der Waals surface area contributed by atoms with Crippen LogP contribution in [0.5, 0.6) is 5.75 Å². The zero-order valence-electron chi connectivity index (χ0n) is 11.2. The van der Waals surface area contributed by atoms with Crippen LogP contribution in [0, 0.1) is 0 Å². The minimum Gasteiger partial charge on any atom is -0.489 e. The molecule has 0 amide bonds. The predicted molar refractivity (Wildman–Crippen MR) is 81.1 cm³/mol. The summed E-state index contributed by atoms with van der Waals surface area (Å²) in [6.07, 6.45) is 0. The van der Waals surface area contributed by atoms with Crippen LogP contribution in [0.2, 0.25) is 0 Å². The van der Waals surface area contributed by atoms with Gasteiger partial charge in [0.1, 0.15) is 12.4 Å². The van der Waals surface area contributed by atoms with Crippen LogP contribution >= 0.6 is 0 Å². The van der Waals surface area contributed by atoms with Crippen molar-refractivity contribution in [1.82, 2.24) is 0 Å². The van der Waals surface area contributed by atoms with Crippen LogP contribution in [0.15, 0.2) is 73.3 Å². The highest BCUT2D eigenvalue weighted by Crippen LogP contribution is 2.22. The van der Waals surface area contributed by atoms with E-state index in [1.807, 2.05) is 49.4 Å². The third kappa shape index (κ3) is 3.59. The summed E-state index contributed by atoms with van der Waals surface area (Å²) in [5.41, 5.74) is 4.20. The first-order valence-electron chi connectivity index (χ1n) is 6.29. The van der Waals surface area contributed by atoms with E-state index >= 15 is 0 Å². The van der Waals surface area contributed by atoms with Gasteiger partial charge in [0.05, 0.1) is 0 Å². The Morgan fingerprint density at radius 2 is 1.58 bits per heavy atom. The maximum absolute atomic E-state index is 5.74. The highest BCUT2D eigenvalue weighted by atomic mass is 16.5. The SMILES string of the molecule is C=C(C)C(=C)c1ccc(OCc2ccccc2)cc1. The van der Waals surface area contributed by atoms with E-state index in [-0.39, 0.29) is 0 Å². The molecule has 0 spiro atoms. The van der Waals surface area contributed by atoms with Gasteiger partial charge >= 0.3 is 0 Å². The maximum Gasteiger partial charge on any atom is 0.119 e. The summed E-state index contributed by atoms with van der Waals surface area (Å²) < 4.78 is 5.74. The summed E-state index contributed by atoms with van der Waals surface area (Å²) in [6.45, 7) is 10.5. The second-order valence-electron chi connectivity index (χ2n) is 4.56. The molecule has 0 aliphatic rings. The first kappa shape index (κ1) is 13.2. The Morgan fingerprint density at radius 1 is 0.947 bits per heavy atom. The summed E-state index contributed by atoms with van der Waals surface area (Å²) in [7, 11) is 0. The molecular formula is C18H18O. The van der Waals surface area contributed by atoms with E-state index in [1.54, 1.807) is 0 Å². The van der Waals surface area contributed by atoms with Crippen LogP contribution < -0.4 is 4.74 Å². The van der Waals surface area contributed by atoms with Gasteiger partial charge in [-0.2, -0.15) is 0 Å². The fourth-order valence-electron chi connectivity index (χ4n) is 1.74. The van der Waals surface area contributed by atoms with E-state index in [2.05, 4.69) is 25.3 Å². The van der Waals surface area contributed by atoms with Crippen LogP contribution in [-0.2, 0) is 6.61 Å². The molecule has 19 heavy (non-hydrogen) atoms. The molecule has 0 aliphatic carbocycles. The second kappa shape index (κ2) is 6.05. The Labute approximate surface area is 114 Å². The van der Waals surface area contributed by atoms with E-state index in [4.69, 9.17) is 4.74 Å². The van der Waals surface area contributed by atoms with Gasteiger partial charge in [-0.3, -0.25) is 0 Å². The van der Waals surface area contributed by atoms with Crippen LogP contribution in [-0.4, -0.2) is 0 Å². The lowest BCUT2D eigenvalue weighted by Crippen LogP contribution is -1.95. The monoisotopic (exact) mass is 250 g/mol. The Hall–Kier alpha value is -2.28. The van der Waals surface area contributed by atoms with Crippen molar-refractivity contribution >= 4 is 5.57 Å². The lowest BCUT2D eigenvalue weighted by molar-refractivity contribution is 0.306. The molecule has 2 aromatic carbocycles. The Balaban J connectivity index is 1.99. The fourth-order valence-corrected chi connectivity index (χ4v) is 1.74. The van der Waals surface area contributed by atoms with Crippen LogP contribution in [0.4, 0.5) is 0 Å². The molecule has 0 saturated carbocycles. The normalized spacial score (nSPS) is 9.95. The molecule has 0 saturated heterocycles. The van der Waals surface area contributed by atoms with Gasteiger partial charge < -0.3 is 4.74 Å². The molecule has 0 heterocycles. The Kier molecular flexibility index (Phi) is 4.19. The first-order chi connectivity index (χ1) is 9.16. The van der Waals surface area contributed by atoms with Crippen molar-refractivity contribution in [2.24, 2.45) is 0 Å². The number of hydrogen-bond donors (Lipinski definition) is 0. The lowest BCUT2D eigenvalue weighted by Gasteiger charge is -2.08. The van der Waals surface area contributed by atoms with Crippen LogP contribution in [0.1, 0.15) is 18.1 Å². The van der Waals surface area contributed by atoms with Crippen molar-refractivity contribution in [1.29, 1.82) is 0 Å². The van der Waals surface area contributed by atoms with Gasteiger partial charge in [0.2, 0.25) is 0 Å². The second-order valence-corrected chi connectivity index (χ2v) is 4.56. The molecule has 0 unspecified atom stereocenters. The third-order valence-corrected chi connectivity index (χ3v) is 2.97. The van der Waals surface area contributed by atoms with Gasteiger partial charge in [0.25, 0.3) is 0 Å². The summed E-state index contributed by atoms with van der Waals surface area (Å²) in [4.78, 5) is 0. The Morgan fingerprint density at radius 3 is 2.16 bits per heavy atom. The van der Waals surface area contributed by atoms with Crippen molar-refractivity contribution in [2.75, 3.05) is 0 Å². The van der Waals surface area contributed by atoms with E-state index in [0.29, 0.717) is 6.61 Å². The quantitative estimate of drug-likeness (QED) is 0.689. The van der Waals surface area contributed by atoms with E-state index < -0.39 is 0 Å². The van der Waals surface area contributed by atoms with Gasteiger partial charge in [0, 0.05) is 0 Å². The number of ether oxygens (including phenoxy) is 1. The molecule has 2 rings (SSSR count). The Bertz CT molecular complexity index is 564. The maximum atomic E-state index is 5.74. The highest BCUT2D eigenvalue weighted by molar-refractivity contribution is 5.76. The number of hydrogen-bond acceptors (Lipinski definition) is 1. The molecule has 0 fully saturated rings. The summed E-state index contributed by atoms with van der Waals surface area (Å²) >= 11 is 0. The average Bonchev–Trinajstić information content (AvgIpc) is 2.46. The third-order valence-electron chi connectivity index (χ3n) is 2.97. The standard InChI is InChI=1S/C18H18O/c1-14(2)15(3)17-9-11-18(12-10-17)19-13-16-7-5-4-6-8-16/h4-12H,1,3,13H2,2H3. The minimum absolute atomic E-state index is 0.585. The largest absolute Gasteiger partial charge is 0.489 e. The molecule has 96 valence electrons. The predicted octanol–water partition coefficient (Wildman–Crippen LogP) is 4.85. The molecular weight excluding hydrogens is 232 g/mol. The molecule has 1 nitrogen and oxygen atoms in total. The van der Waals surface area contributed by atoms with Crippen molar-refractivity contribution in [3.8, 4) is 5.75 Å². The zero-order valence-corrected chi connectivity index (χ0v) is 11.2. The van der Waals surface area contributed by atoms with Crippen molar-refractivity contribution < 1.29 is 4.74 Å². The molecule has 2 aromatic rings. The van der Waals surface area contributed by atoms with Crippen molar-refractivity contribution in [3.05, 3.63) is 84.5 Å². The molecule has 0 radical (unpaired) electrons. The molecule has 1 heteroatoms. The lowest BCUT2D eigenvalue weighted by atomic mass is 10.0. The number of allylic oxidation sites excluding steroid dienone is 2. The molecule has 0 aromatic heterocycles. The zero-order chi connectivity index (χ0) is 13.7. The van der Waals surface area contributed by atoms with Gasteiger partial charge in [0.15, 0.2) is 0 Å². The van der Waals surface area contributed by atoms with E-state index in [0.717, 1.165) is 28.0 Å². The molecule has 0 N–H and O–H groups in total. The molecule has 0 atom stereocenters. The average molecular weight is 250 g/mol. The summed E-state index contributed by atoms with van der Waals surface area (Å²) in [5, 5.41) is 0. The number of benzene rings is 2. The first-order valence-corrected chi connectivity index (χ1v) is 6.29. The van der Waals surface area contributed by atoms with E-state index in [1.165, 1.54) is 0 Å². The molecule has 0 bridgehead atoms. The molecule has 0 aliphatic heterocycles. The van der Waals surface area contributed by atoms with Crippen molar-refractivity contribution in [3.63, 3.8) is 0 Å². The van der Waals surface area contributed by atoms with Gasteiger partial charge in [-0.05, 0) is 35.8 Å². The van der Waals surface area contributed by atoms with Crippen LogP contribution in [0.25, 0.3) is 5.57 Å². The van der Waals surface area contributed by atoms with E-state index in [9.17, 15) is 0 Å². The smallest absolute Gasteiger partial charge is 0.119 e. The highest BCUT2D eigenvalue weighted by Gasteiger charge is 2.00. The fraction of sp³-hybridized carbons (Fsp3) is 0.111. The summed E-state index contributed by atoms with van der Waals surface area (Å²) in [6, 6.07) is 18.1. The summed E-state index contributed by atoms with van der Waals surface area (Å²) in [5.74, 6) is 0.863. The van der Waals surface area contributed by atoms with Crippen molar-refractivity contribution in [2.45, 2.75) is 13.5 Å². The number of rotatable bonds is 5. The van der Waals surface area contributed by atoms with Gasteiger partial charge in [-0.15, -0.1) is 0 Å². The van der Waals surface area contributed by atoms with Gasteiger partial charge in [-0.25, -0.2) is 0 Å². The topological polar surface area (TPSA) is 9.23 Å². The van der Waals surface area contributed by atoms with Gasteiger partial charge in [-0.1, -0.05) is 61.2 Å². The minimum atomic E-state index is 0.585.